The molecule has 2 rings (SSSR count). The van der Waals surface area contributed by atoms with Crippen molar-refractivity contribution in [1.82, 2.24) is 24.9 Å². The molecule has 2 aromatic heterocycles. The monoisotopic (exact) mass is 361 g/mol. The van der Waals surface area contributed by atoms with Crippen molar-refractivity contribution < 1.29 is 14.3 Å². The van der Waals surface area contributed by atoms with Gasteiger partial charge in [0.25, 0.3) is 17.5 Å². The van der Waals surface area contributed by atoms with E-state index in [4.69, 9.17) is 4.74 Å². The molecular formula is C18H27N5O3. The quantitative estimate of drug-likeness (QED) is 0.724. The highest BCUT2D eigenvalue weighted by Gasteiger charge is 2.18. The minimum Gasteiger partial charge on any atom is -0.450 e. The van der Waals surface area contributed by atoms with Crippen LogP contribution < -0.4 is 5.32 Å². The molecule has 8 heteroatoms. The van der Waals surface area contributed by atoms with Crippen molar-refractivity contribution in [2.24, 2.45) is 5.92 Å². The molecule has 1 atom stereocenters. The number of hydrogen-bond donors (Lipinski definition) is 1. The van der Waals surface area contributed by atoms with Gasteiger partial charge in [-0.05, 0) is 39.2 Å². The smallest absolute Gasteiger partial charge is 0.378 e. The molecule has 1 N–H and O–H groups in total. The topological polar surface area (TPSA) is 98.5 Å². The lowest BCUT2D eigenvalue weighted by atomic mass is 10.0. The lowest BCUT2D eigenvalue weighted by molar-refractivity contribution is -0.124. The van der Waals surface area contributed by atoms with Crippen LogP contribution in [-0.4, -0.2) is 44.1 Å². The molecule has 0 radical (unpaired) electrons. The number of aryl methyl sites for hydroxylation is 2. The average molecular weight is 361 g/mol. The van der Waals surface area contributed by atoms with Crippen LogP contribution in [0.15, 0.2) is 6.07 Å². The molecule has 0 aliphatic heterocycles. The fraction of sp³-hybridized carbons (Fsp3) is 0.611. The second kappa shape index (κ2) is 8.73. The van der Waals surface area contributed by atoms with Gasteiger partial charge >= 0.3 is 5.97 Å². The molecule has 0 fully saturated rings. The first-order valence-electron chi connectivity index (χ1n) is 8.93. The molecule has 2 heterocycles. The molecule has 2 aromatic rings. The van der Waals surface area contributed by atoms with Crippen molar-refractivity contribution in [1.29, 1.82) is 0 Å². The van der Waals surface area contributed by atoms with E-state index in [9.17, 15) is 9.59 Å². The summed E-state index contributed by atoms with van der Waals surface area (Å²) in [7, 11) is 0. The van der Waals surface area contributed by atoms with Crippen molar-refractivity contribution >= 4 is 17.7 Å². The predicted octanol–water partition coefficient (Wildman–Crippen LogP) is 2.23. The van der Waals surface area contributed by atoms with Crippen molar-refractivity contribution in [3.63, 3.8) is 0 Å². The van der Waals surface area contributed by atoms with Crippen LogP contribution in [-0.2, 0) is 9.53 Å². The molecule has 0 bridgehead atoms. The summed E-state index contributed by atoms with van der Waals surface area (Å²) in [6, 6.07) is 1.88. The first kappa shape index (κ1) is 19.8. The number of nitrogens with zero attached hydrogens (tertiary/aromatic N) is 4. The minimum atomic E-state index is -0.741. The standard InChI is InChI=1S/C18H27N5O3/c1-11(2)7-6-8-12(3)19-15(24)10-26-17(25)16-21-18-20-13(4)9-14(5)23(18)22-16/h9,11-12H,6-8,10H2,1-5H3,(H,19,24). The Morgan fingerprint density at radius 2 is 1.92 bits per heavy atom. The summed E-state index contributed by atoms with van der Waals surface area (Å²) in [6.45, 7) is 9.63. The third kappa shape index (κ3) is 5.50. The molecule has 1 amide bonds. The largest absolute Gasteiger partial charge is 0.450 e. The number of carbonyl (C=O) groups excluding carboxylic acids is 2. The Labute approximate surface area is 153 Å². The third-order valence-electron chi connectivity index (χ3n) is 3.96. The summed E-state index contributed by atoms with van der Waals surface area (Å²) < 4.78 is 6.49. The Bertz CT molecular complexity index is 784. The second-order valence-corrected chi connectivity index (χ2v) is 7.06. The normalized spacial score (nSPS) is 12.4. The number of carbonyl (C=O) groups is 2. The lowest BCUT2D eigenvalue weighted by Gasteiger charge is -2.14. The van der Waals surface area contributed by atoms with Gasteiger partial charge in [0.1, 0.15) is 0 Å². The number of fused-ring (bicyclic) bond motifs is 1. The van der Waals surface area contributed by atoms with E-state index in [-0.39, 0.29) is 24.4 Å². The van der Waals surface area contributed by atoms with Crippen molar-refractivity contribution in [3.05, 3.63) is 23.3 Å². The summed E-state index contributed by atoms with van der Waals surface area (Å²) in [5.41, 5.74) is 1.60. The Morgan fingerprint density at radius 1 is 1.19 bits per heavy atom. The number of amides is 1. The van der Waals surface area contributed by atoms with E-state index in [1.54, 1.807) is 0 Å². The van der Waals surface area contributed by atoms with Crippen LogP contribution in [0.1, 0.15) is 62.0 Å². The molecule has 0 aliphatic rings. The van der Waals surface area contributed by atoms with E-state index < -0.39 is 5.97 Å². The summed E-state index contributed by atoms with van der Waals surface area (Å²) in [4.78, 5) is 32.3. The molecule has 1 unspecified atom stereocenters. The molecule has 0 aromatic carbocycles. The predicted molar refractivity (Wildman–Crippen MR) is 96.8 cm³/mol. The Morgan fingerprint density at radius 3 is 2.62 bits per heavy atom. The van der Waals surface area contributed by atoms with Crippen LogP contribution in [0.3, 0.4) is 0 Å². The highest BCUT2D eigenvalue weighted by atomic mass is 16.5. The Balaban J connectivity index is 1.84. The fourth-order valence-corrected chi connectivity index (χ4v) is 2.67. The molecule has 0 spiro atoms. The molecule has 8 nitrogen and oxygen atoms in total. The minimum absolute atomic E-state index is 0.0445. The van der Waals surface area contributed by atoms with Gasteiger partial charge in [-0.25, -0.2) is 14.3 Å². The van der Waals surface area contributed by atoms with Crippen LogP contribution in [0.25, 0.3) is 5.78 Å². The Hall–Kier alpha value is -2.51. The first-order chi connectivity index (χ1) is 12.3. The van der Waals surface area contributed by atoms with Gasteiger partial charge < -0.3 is 10.1 Å². The van der Waals surface area contributed by atoms with E-state index in [2.05, 4.69) is 34.2 Å². The van der Waals surface area contributed by atoms with Crippen LogP contribution in [0.5, 0.6) is 0 Å². The number of nitrogens with one attached hydrogen (secondary N) is 1. The maximum absolute atomic E-state index is 12.1. The van der Waals surface area contributed by atoms with Gasteiger partial charge in [-0.15, -0.1) is 5.10 Å². The number of rotatable bonds is 8. The number of ether oxygens (including phenoxy) is 1. The van der Waals surface area contributed by atoms with Crippen LogP contribution >= 0.6 is 0 Å². The van der Waals surface area contributed by atoms with E-state index in [1.807, 2.05) is 26.8 Å². The zero-order valence-electron chi connectivity index (χ0n) is 16.1. The molecule has 0 saturated carbocycles. The van der Waals surface area contributed by atoms with Crippen molar-refractivity contribution in [2.75, 3.05) is 6.61 Å². The van der Waals surface area contributed by atoms with E-state index in [0.29, 0.717) is 11.7 Å². The Kier molecular flexibility index (Phi) is 6.65. The highest BCUT2D eigenvalue weighted by molar-refractivity contribution is 5.88. The van der Waals surface area contributed by atoms with Gasteiger partial charge in [-0.3, -0.25) is 4.79 Å². The number of hydrogen-bond acceptors (Lipinski definition) is 6. The van der Waals surface area contributed by atoms with Gasteiger partial charge in [0.2, 0.25) is 0 Å². The van der Waals surface area contributed by atoms with Gasteiger partial charge in [-0.2, -0.15) is 4.98 Å². The molecular weight excluding hydrogens is 334 g/mol. The molecule has 142 valence electrons. The molecule has 0 aliphatic carbocycles. The average Bonchev–Trinajstić information content (AvgIpc) is 2.96. The van der Waals surface area contributed by atoms with E-state index in [0.717, 1.165) is 30.7 Å². The first-order valence-corrected chi connectivity index (χ1v) is 8.93. The number of esters is 1. The summed E-state index contributed by atoms with van der Waals surface area (Å²) in [5.74, 6) is -0.195. The zero-order chi connectivity index (χ0) is 19.3. The fourth-order valence-electron chi connectivity index (χ4n) is 2.67. The van der Waals surface area contributed by atoms with Crippen LogP contribution in [0, 0.1) is 19.8 Å². The summed E-state index contributed by atoms with van der Waals surface area (Å²) >= 11 is 0. The van der Waals surface area contributed by atoms with Gasteiger partial charge in [0.05, 0.1) is 0 Å². The van der Waals surface area contributed by atoms with E-state index >= 15 is 0 Å². The SMILES string of the molecule is Cc1cc(C)n2nc(C(=O)OCC(=O)NC(C)CCCC(C)C)nc2n1. The van der Waals surface area contributed by atoms with Gasteiger partial charge in [0.15, 0.2) is 6.61 Å². The zero-order valence-corrected chi connectivity index (χ0v) is 16.1. The summed E-state index contributed by atoms with van der Waals surface area (Å²) in [6.07, 6.45) is 3.08. The maximum Gasteiger partial charge on any atom is 0.378 e. The van der Waals surface area contributed by atoms with E-state index in [1.165, 1.54) is 4.52 Å². The maximum atomic E-state index is 12.1. The third-order valence-corrected chi connectivity index (χ3v) is 3.96. The van der Waals surface area contributed by atoms with Gasteiger partial charge in [-0.1, -0.05) is 26.7 Å². The molecule has 26 heavy (non-hydrogen) atoms. The van der Waals surface area contributed by atoms with Crippen LogP contribution in [0.4, 0.5) is 0 Å². The molecule has 0 saturated heterocycles. The second-order valence-electron chi connectivity index (χ2n) is 7.06. The van der Waals surface area contributed by atoms with Crippen molar-refractivity contribution in [3.8, 4) is 0 Å². The van der Waals surface area contributed by atoms with Crippen molar-refractivity contribution in [2.45, 2.75) is 59.9 Å². The number of aromatic nitrogens is 4. The van der Waals surface area contributed by atoms with Crippen LogP contribution in [0.2, 0.25) is 0 Å². The summed E-state index contributed by atoms with van der Waals surface area (Å²) in [5, 5.41) is 6.92. The van der Waals surface area contributed by atoms with Gasteiger partial charge in [0, 0.05) is 17.4 Å². The highest BCUT2D eigenvalue weighted by Crippen LogP contribution is 2.08. The lowest BCUT2D eigenvalue weighted by Crippen LogP contribution is -2.36.